The van der Waals surface area contributed by atoms with Gasteiger partial charge in [0.2, 0.25) is 0 Å². The monoisotopic (exact) mass is 228 g/mol. The molecule has 0 radical (unpaired) electrons. The van der Waals surface area contributed by atoms with E-state index >= 15 is 0 Å². The third kappa shape index (κ3) is 2.25. The molecule has 0 aliphatic carbocycles. The lowest BCUT2D eigenvalue weighted by atomic mass is 10.4. The minimum Gasteiger partial charge on any atom is -0.309 e. The number of hydrogen-bond acceptors (Lipinski definition) is 2. The molecule has 1 N–H and O–H groups in total. The van der Waals surface area contributed by atoms with Gasteiger partial charge in [0.25, 0.3) is 0 Å². The maximum atomic E-state index is 7.12. The van der Waals surface area contributed by atoms with Crippen molar-refractivity contribution in [2.24, 2.45) is 0 Å². The Morgan fingerprint density at radius 3 is 2.62 bits per heavy atom. The summed E-state index contributed by atoms with van der Waals surface area (Å²) in [6.07, 6.45) is 5.00. The van der Waals surface area contributed by atoms with Crippen LogP contribution >= 0.6 is 11.9 Å². The quantitative estimate of drug-likeness (QED) is 0.798. The Hall–Kier alpha value is -1.74. The Bertz CT molecular complexity index is 584. The Balaban J connectivity index is 2.40. The molecule has 1 aromatic heterocycles. The zero-order valence-electron chi connectivity index (χ0n) is 8.76. The highest BCUT2D eigenvalue weighted by Gasteiger charge is 1.97. The second-order valence-corrected chi connectivity index (χ2v) is 4.34. The first-order valence-electron chi connectivity index (χ1n) is 4.92. The molecule has 0 unspecified atom stereocenters. The summed E-state index contributed by atoms with van der Waals surface area (Å²) in [7, 11) is 0. The summed E-state index contributed by atoms with van der Waals surface area (Å²) in [5.74, 6) is 0. The predicted octanol–water partition coefficient (Wildman–Crippen LogP) is 1.88. The van der Waals surface area contributed by atoms with Gasteiger partial charge in [-0.2, -0.15) is 0 Å². The SMILES string of the molecule is C=c1ccn(Sc2ccccc2)/c1=C/C=N. The second-order valence-electron chi connectivity index (χ2n) is 3.29. The topological polar surface area (TPSA) is 28.8 Å². The average Bonchev–Trinajstić information content (AvgIpc) is 2.64. The van der Waals surface area contributed by atoms with E-state index in [2.05, 4.69) is 18.7 Å². The lowest BCUT2D eigenvalue weighted by molar-refractivity contribution is 1.20. The Morgan fingerprint density at radius 2 is 1.94 bits per heavy atom. The van der Waals surface area contributed by atoms with Gasteiger partial charge in [-0.25, -0.2) is 0 Å². The molecule has 1 heterocycles. The second kappa shape index (κ2) is 4.86. The van der Waals surface area contributed by atoms with Crippen LogP contribution < -0.4 is 10.6 Å². The highest BCUT2D eigenvalue weighted by atomic mass is 32.2. The summed E-state index contributed by atoms with van der Waals surface area (Å²) in [6, 6.07) is 12.1. The van der Waals surface area contributed by atoms with E-state index in [1.54, 1.807) is 18.0 Å². The van der Waals surface area contributed by atoms with Crippen molar-refractivity contribution in [3.63, 3.8) is 0 Å². The lowest BCUT2D eigenvalue weighted by Crippen LogP contribution is -2.25. The number of rotatable bonds is 3. The summed E-state index contributed by atoms with van der Waals surface area (Å²) >= 11 is 1.62. The van der Waals surface area contributed by atoms with E-state index in [0.29, 0.717) is 0 Å². The number of nitrogens with zero attached hydrogens (tertiary/aromatic N) is 1. The van der Waals surface area contributed by atoms with Gasteiger partial charge in [-0.3, -0.25) is 3.97 Å². The van der Waals surface area contributed by atoms with Crippen molar-refractivity contribution >= 4 is 30.8 Å². The Kier molecular flexibility index (Phi) is 3.27. The fourth-order valence-corrected chi connectivity index (χ4v) is 2.30. The van der Waals surface area contributed by atoms with Gasteiger partial charge in [0.1, 0.15) is 0 Å². The molecule has 80 valence electrons. The molecule has 3 heteroatoms. The molecule has 0 bridgehead atoms. The van der Waals surface area contributed by atoms with E-state index in [1.807, 2.05) is 34.4 Å². The van der Waals surface area contributed by atoms with Gasteiger partial charge in [0.05, 0.1) is 5.35 Å². The Morgan fingerprint density at radius 1 is 1.19 bits per heavy atom. The zero-order chi connectivity index (χ0) is 11.4. The zero-order valence-corrected chi connectivity index (χ0v) is 9.58. The van der Waals surface area contributed by atoms with E-state index < -0.39 is 0 Å². The summed E-state index contributed by atoms with van der Waals surface area (Å²) in [5, 5.41) is 9.02. The van der Waals surface area contributed by atoms with Gasteiger partial charge in [-0.15, -0.1) is 0 Å². The first-order chi connectivity index (χ1) is 7.81. The largest absolute Gasteiger partial charge is 0.309 e. The fraction of sp³-hybridized carbons (Fsp3) is 0. The van der Waals surface area contributed by atoms with Gasteiger partial charge in [-0.05, 0) is 41.4 Å². The van der Waals surface area contributed by atoms with Gasteiger partial charge >= 0.3 is 0 Å². The Labute approximate surface area is 98.6 Å². The molecule has 0 aliphatic heterocycles. The number of hydrogen-bond donors (Lipinski definition) is 1. The van der Waals surface area contributed by atoms with Crippen molar-refractivity contribution in [1.82, 2.24) is 3.97 Å². The van der Waals surface area contributed by atoms with E-state index in [9.17, 15) is 0 Å². The third-order valence-corrected chi connectivity index (χ3v) is 3.16. The van der Waals surface area contributed by atoms with Crippen LogP contribution in [0.5, 0.6) is 0 Å². The molecule has 16 heavy (non-hydrogen) atoms. The van der Waals surface area contributed by atoms with Crippen molar-refractivity contribution in [1.29, 1.82) is 5.41 Å². The van der Waals surface area contributed by atoms with E-state index in [4.69, 9.17) is 5.41 Å². The number of nitrogens with one attached hydrogen (secondary N) is 1. The van der Waals surface area contributed by atoms with Crippen molar-refractivity contribution in [2.45, 2.75) is 4.90 Å². The molecule has 2 aromatic rings. The smallest absolute Gasteiger partial charge is 0.0603 e. The number of aromatic nitrogens is 1. The van der Waals surface area contributed by atoms with Crippen LogP contribution in [0, 0.1) is 5.41 Å². The van der Waals surface area contributed by atoms with Crippen molar-refractivity contribution < 1.29 is 0 Å². The summed E-state index contributed by atoms with van der Waals surface area (Å²) in [5.41, 5.74) is 0. The van der Waals surface area contributed by atoms with Gasteiger partial charge in [-0.1, -0.05) is 24.8 Å². The fourth-order valence-electron chi connectivity index (χ4n) is 1.40. The van der Waals surface area contributed by atoms with Crippen LogP contribution in [0.2, 0.25) is 0 Å². The molecule has 0 spiro atoms. The molecule has 0 aliphatic rings. The predicted molar refractivity (Wildman–Crippen MR) is 70.1 cm³/mol. The van der Waals surface area contributed by atoms with Crippen LogP contribution in [0.15, 0.2) is 47.5 Å². The molecule has 0 saturated carbocycles. The summed E-state index contributed by atoms with van der Waals surface area (Å²) in [4.78, 5) is 1.16. The van der Waals surface area contributed by atoms with Crippen molar-refractivity contribution in [2.75, 3.05) is 0 Å². The lowest BCUT2D eigenvalue weighted by Gasteiger charge is -2.01. The standard InChI is InChI=1S/C13H12N2S/c1-11-8-10-15(13(11)7-9-14)16-12-5-3-2-4-6-12/h2-10,14H,1H2/b13-7+,14-9?. The van der Waals surface area contributed by atoms with Crippen LogP contribution in [0.4, 0.5) is 0 Å². The molecular weight excluding hydrogens is 216 g/mol. The van der Waals surface area contributed by atoms with E-state index in [0.717, 1.165) is 15.5 Å². The van der Waals surface area contributed by atoms with Crippen LogP contribution in [-0.2, 0) is 0 Å². The van der Waals surface area contributed by atoms with Crippen molar-refractivity contribution in [3.8, 4) is 0 Å². The minimum absolute atomic E-state index is 0.937. The molecule has 2 nitrogen and oxygen atoms in total. The molecular formula is C13H12N2S. The van der Waals surface area contributed by atoms with Gasteiger partial charge < -0.3 is 5.41 Å². The normalized spacial score (nSPS) is 11.6. The highest BCUT2D eigenvalue weighted by Crippen LogP contribution is 2.16. The summed E-state index contributed by atoms with van der Waals surface area (Å²) < 4.78 is 2.02. The number of benzene rings is 1. The first kappa shape index (κ1) is 10.8. The molecule has 0 fully saturated rings. The highest BCUT2D eigenvalue weighted by molar-refractivity contribution is 7.97. The van der Waals surface area contributed by atoms with E-state index in [1.165, 1.54) is 6.21 Å². The van der Waals surface area contributed by atoms with Crippen LogP contribution in [0.25, 0.3) is 12.7 Å². The average molecular weight is 228 g/mol. The third-order valence-electron chi connectivity index (χ3n) is 2.17. The van der Waals surface area contributed by atoms with Gasteiger partial charge in [0, 0.05) is 17.3 Å². The maximum Gasteiger partial charge on any atom is 0.0603 e. The van der Waals surface area contributed by atoms with Gasteiger partial charge in [0.15, 0.2) is 0 Å². The molecule has 2 rings (SSSR count). The maximum absolute atomic E-state index is 7.12. The van der Waals surface area contributed by atoms with Crippen molar-refractivity contribution in [3.05, 3.63) is 53.2 Å². The van der Waals surface area contributed by atoms with Crippen LogP contribution in [0.3, 0.4) is 0 Å². The first-order valence-corrected chi connectivity index (χ1v) is 5.69. The minimum atomic E-state index is 0.937. The molecule has 1 aromatic carbocycles. The molecule has 0 saturated heterocycles. The summed E-state index contributed by atoms with van der Waals surface area (Å²) in [6.45, 7) is 3.93. The molecule has 0 atom stereocenters. The van der Waals surface area contributed by atoms with Crippen LogP contribution in [0.1, 0.15) is 0 Å². The molecule has 0 amide bonds. The van der Waals surface area contributed by atoms with Crippen LogP contribution in [-0.4, -0.2) is 10.2 Å². The van der Waals surface area contributed by atoms with E-state index in [-0.39, 0.29) is 0 Å².